The summed E-state index contributed by atoms with van der Waals surface area (Å²) in [6, 6.07) is 8.24. The van der Waals surface area contributed by atoms with Crippen LogP contribution in [-0.2, 0) is 0 Å². The number of hydrogen-bond acceptors (Lipinski definition) is 0. The molecule has 0 saturated heterocycles. The summed E-state index contributed by atoms with van der Waals surface area (Å²) in [7, 11) is 0. The van der Waals surface area contributed by atoms with Crippen molar-refractivity contribution in [1.82, 2.24) is 0 Å². The molecule has 5 heteroatoms. The molecule has 0 aliphatic heterocycles. The average molecular weight is 502 g/mol. The van der Waals surface area contributed by atoms with Gasteiger partial charge in [-0.2, -0.15) is 0 Å². The quantitative estimate of drug-likeness (QED) is 0.343. The Morgan fingerprint density at radius 3 is 2.42 bits per heavy atom. The van der Waals surface area contributed by atoms with Crippen LogP contribution in [0.4, 0.5) is 8.78 Å². The van der Waals surface area contributed by atoms with E-state index in [-0.39, 0.29) is 0 Å². The number of halogens is 5. The molecule has 0 radical (unpaired) electrons. The average Bonchev–Trinajstić information content (AvgIpc) is 2.36. The minimum Gasteiger partial charge on any atom is -0.207 e. The zero-order chi connectivity index (χ0) is 14.2. The third-order valence-electron chi connectivity index (χ3n) is 2.78. The Labute approximate surface area is 141 Å². The van der Waals surface area contributed by atoms with Crippen molar-refractivity contribution in [2.45, 2.75) is 11.8 Å². The van der Waals surface area contributed by atoms with Crippen molar-refractivity contribution >= 4 is 54.5 Å². The van der Waals surface area contributed by atoms with Crippen LogP contribution in [0, 0.1) is 22.1 Å². The van der Waals surface area contributed by atoms with Crippen LogP contribution in [0.3, 0.4) is 0 Å². The van der Waals surface area contributed by atoms with Gasteiger partial charge in [0.15, 0.2) is 0 Å². The van der Waals surface area contributed by atoms with Gasteiger partial charge in [0.05, 0.1) is 4.83 Å². The van der Waals surface area contributed by atoms with Crippen molar-refractivity contribution in [1.29, 1.82) is 0 Å². The number of aryl methyl sites for hydroxylation is 1. The normalized spacial score (nSPS) is 12.5. The molecule has 1 unspecified atom stereocenters. The summed E-state index contributed by atoms with van der Waals surface area (Å²) in [4.78, 5) is -0.397. The van der Waals surface area contributed by atoms with E-state index < -0.39 is 16.5 Å². The van der Waals surface area contributed by atoms with Crippen LogP contribution in [-0.4, -0.2) is 0 Å². The lowest BCUT2D eigenvalue weighted by atomic mass is 10.0. The van der Waals surface area contributed by atoms with E-state index in [1.807, 2.05) is 18.2 Å². The molecule has 2 aromatic rings. The minimum absolute atomic E-state index is 0.297. The largest absolute Gasteiger partial charge is 0.207 e. The van der Waals surface area contributed by atoms with Gasteiger partial charge in [0.2, 0.25) is 0 Å². The first kappa shape index (κ1) is 15.4. The fourth-order valence-electron chi connectivity index (χ4n) is 1.73. The highest BCUT2D eigenvalue weighted by Gasteiger charge is 2.19. The maximum absolute atomic E-state index is 14.0. The van der Waals surface area contributed by atoms with Crippen molar-refractivity contribution in [3.8, 4) is 0 Å². The maximum Gasteiger partial charge on any atom is 0.128 e. The Kier molecular flexibility index (Phi) is 5.00. The predicted octanol–water partition coefficient (Wildman–Crippen LogP) is 6.12. The van der Waals surface area contributed by atoms with E-state index >= 15 is 0 Å². The second-order valence-electron chi connectivity index (χ2n) is 4.15. The van der Waals surface area contributed by atoms with Gasteiger partial charge < -0.3 is 0 Å². The van der Waals surface area contributed by atoms with Crippen molar-refractivity contribution in [3.63, 3.8) is 0 Å². The van der Waals surface area contributed by atoms with Gasteiger partial charge in [0.1, 0.15) is 11.6 Å². The fourth-order valence-corrected chi connectivity index (χ4v) is 3.76. The second kappa shape index (κ2) is 6.18. The highest BCUT2D eigenvalue weighted by atomic mass is 127. The summed E-state index contributed by atoms with van der Waals surface area (Å²) in [5.41, 5.74) is 1.47. The molecule has 100 valence electrons. The summed E-state index contributed by atoms with van der Waals surface area (Å²) in [5, 5.41) is 0. The minimum atomic E-state index is -0.411. The molecule has 0 aliphatic rings. The molecule has 0 fully saturated rings. The van der Waals surface area contributed by atoms with Crippen molar-refractivity contribution in [3.05, 3.63) is 66.7 Å². The van der Waals surface area contributed by atoms with Gasteiger partial charge in [-0.25, -0.2) is 8.78 Å². The van der Waals surface area contributed by atoms with E-state index in [4.69, 9.17) is 0 Å². The molecule has 0 nitrogen and oxygen atoms in total. The molecule has 0 heterocycles. The molecule has 0 bridgehead atoms. The number of benzene rings is 2. The smallest absolute Gasteiger partial charge is 0.128 e. The first-order valence-electron chi connectivity index (χ1n) is 5.44. The second-order valence-corrected chi connectivity index (χ2v) is 7.17. The van der Waals surface area contributed by atoms with Gasteiger partial charge in [0, 0.05) is 13.6 Å². The molecule has 0 aliphatic carbocycles. The molecule has 2 aromatic carbocycles. The zero-order valence-corrected chi connectivity index (χ0v) is 15.2. The van der Waals surface area contributed by atoms with Crippen molar-refractivity contribution < 1.29 is 8.78 Å². The van der Waals surface area contributed by atoms with Crippen molar-refractivity contribution in [2.24, 2.45) is 0 Å². The third kappa shape index (κ3) is 3.36. The molecule has 0 saturated carbocycles. The van der Waals surface area contributed by atoms with Crippen LogP contribution in [0.5, 0.6) is 0 Å². The van der Waals surface area contributed by atoms with Gasteiger partial charge in [-0.1, -0.05) is 31.9 Å². The Morgan fingerprint density at radius 1 is 1.05 bits per heavy atom. The molecule has 0 N–H and O–H groups in total. The maximum atomic E-state index is 14.0. The topological polar surface area (TPSA) is 0 Å². The van der Waals surface area contributed by atoms with Crippen LogP contribution in [0.2, 0.25) is 0 Å². The van der Waals surface area contributed by atoms with E-state index in [0.717, 1.165) is 13.6 Å². The number of alkyl halides is 1. The Balaban J connectivity index is 2.52. The summed E-state index contributed by atoms with van der Waals surface area (Å²) in [6.07, 6.45) is 0. The predicted molar refractivity (Wildman–Crippen MR) is 88.7 cm³/mol. The monoisotopic (exact) mass is 500 g/mol. The van der Waals surface area contributed by atoms with Gasteiger partial charge >= 0.3 is 0 Å². The van der Waals surface area contributed by atoms with Gasteiger partial charge in [-0.05, 0) is 71.0 Å². The van der Waals surface area contributed by atoms with E-state index in [0.29, 0.717) is 11.1 Å². The lowest BCUT2D eigenvalue weighted by Gasteiger charge is -2.15. The lowest BCUT2D eigenvalue weighted by molar-refractivity contribution is 0.581. The highest BCUT2D eigenvalue weighted by molar-refractivity contribution is 14.1. The molecular formula is C14H9Br2F2I. The zero-order valence-electron chi connectivity index (χ0n) is 9.85. The van der Waals surface area contributed by atoms with Crippen molar-refractivity contribution in [2.75, 3.05) is 0 Å². The molecule has 2 rings (SSSR count). The lowest BCUT2D eigenvalue weighted by Crippen LogP contribution is -2.00. The van der Waals surface area contributed by atoms with E-state index in [2.05, 4.69) is 54.5 Å². The molecule has 0 amide bonds. The summed E-state index contributed by atoms with van der Waals surface area (Å²) < 4.78 is 29.5. The molecular weight excluding hydrogens is 493 g/mol. The molecule has 1 atom stereocenters. The molecule has 0 aromatic heterocycles. The third-order valence-corrected chi connectivity index (χ3v) is 5.16. The SMILES string of the molecule is Cc1cc(F)c(C(Br)c2cc(I)ccc2Br)cc1F. The van der Waals surface area contributed by atoms with Crippen LogP contribution >= 0.6 is 54.5 Å². The first-order chi connectivity index (χ1) is 8.90. The number of rotatable bonds is 2. The van der Waals surface area contributed by atoms with Gasteiger partial charge in [-0.15, -0.1) is 0 Å². The Hall–Kier alpha value is -0.0100. The molecule has 19 heavy (non-hydrogen) atoms. The van der Waals surface area contributed by atoms with Crippen LogP contribution in [0.25, 0.3) is 0 Å². The Bertz CT molecular complexity index is 629. The highest BCUT2D eigenvalue weighted by Crippen LogP contribution is 2.37. The summed E-state index contributed by atoms with van der Waals surface area (Å²) >= 11 is 9.07. The van der Waals surface area contributed by atoms with Crippen LogP contribution in [0.15, 0.2) is 34.8 Å². The van der Waals surface area contributed by atoms with E-state index in [9.17, 15) is 8.78 Å². The first-order valence-corrected chi connectivity index (χ1v) is 8.23. The fraction of sp³-hybridized carbons (Fsp3) is 0.143. The standard InChI is InChI=1S/C14H9Br2F2I/c1-7-4-13(18)10(6-12(7)17)14(16)9-5-8(19)2-3-11(9)15/h2-6,14H,1H3. The van der Waals surface area contributed by atoms with Crippen LogP contribution < -0.4 is 0 Å². The van der Waals surface area contributed by atoms with E-state index in [1.54, 1.807) is 6.92 Å². The number of hydrogen-bond donors (Lipinski definition) is 0. The van der Waals surface area contributed by atoms with E-state index in [1.165, 1.54) is 12.1 Å². The summed E-state index contributed by atoms with van der Waals surface area (Å²) in [5.74, 6) is -0.811. The summed E-state index contributed by atoms with van der Waals surface area (Å²) in [6.45, 7) is 1.55. The van der Waals surface area contributed by atoms with Gasteiger partial charge in [0.25, 0.3) is 0 Å². The van der Waals surface area contributed by atoms with Gasteiger partial charge in [-0.3, -0.25) is 0 Å². The molecule has 0 spiro atoms. The Morgan fingerprint density at radius 2 is 1.74 bits per heavy atom. The van der Waals surface area contributed by atoms with Crippen LogP contribution in [0.1, 0.15) is 21.5 Å².